The van der Waals surface area contributed by atoms with Crippen molar-refractivity contribution in [2.45, 2.75) is 31.1 Å². The number of esters is 1. The number of hydrazone groups is 1. The van der Waals surface area contributed by atoms with E-state index in [1.807, 2.05) is 37.3 Å². The Kier molecular flexibility index (Phi) is 8.82. The second-order valence-corrected chi connectivity index (χ2v) is 8.06. The van der Waals surface area contributed by atoms with Gasteiger partial charge in [-0.05, 0) is 37.5 Å². The molecule has 0 bridgehead atoms. The Labute approximate surface area is 171 Å². The Bertz CT molecular complexity index is 910. The highest BCUT2D eigenvalue weighted by atomic mass is 32.2. The normalized spacial score (nSPS) is 11.9. The Hall–Kier alpha value is -2.71. The number of aryl methyl sites for hydroxylation is 1. The third-order valence-corrected chi connectivity index (χ3v) is 5.31. The van der Waals surface area contributed by atoms with Gasteiger partial charge in [0.25, 0.3) is 10.0 Å². The second kappa shape index (κ2) is 11.3. The smallest absolute Gasteiger partial charge is 0.305 e. The van der Waals surface area contributed by atoms with Crippen molar-refractivity contribution in [1.29, 1.82) is 0 Å². The average molecular weight is 419 g/mol. The highest BCUT2D eigenvalue weighted by Gasteiger charge is 2.14. The van der Waals surface area contributed by atoms with E-state index in [-0.39, 0.29) is 23.9 Å². The van der Waals surface area contributed by atoms with E-state index in [0.29, 0.717) is 25.2 Å². The van der Waals surface area contributed by atoms with E-state index in [1.165, 1.54) is 19.2 Å². The predicted octanol–water partition coefficient (Wildman–Crippen LogP) is 3.04. The van der Waals surface area contributed by atoms with Gasteiger partial charge >= 0.3 is 5.97 Å². The third kappa shape index (κ3) is 7.67. The highest BCUT2D eigenvalue weighted by molar-refractivity contribution is 7.89. The lowest BCUT2D eigenvalue weighted by Gasteiger charge is -2.09. The maximum absolute atomic E-state index is 12.5. The molecule has 0 aliphatic heterocycles. The molecule has 0 unspecified atom stereocenters. The lowest BCUT2D eigenvalue weighted by Crippen LogP contribution is -2.21. The summed E-state index contributed by atoms with van der Waals surface area (Å²) in [5, 5.41) is 4.14. The molecule has 0 saturated carbocycles. The molecule has 29 heavy (non-hydrogen) atoms. The van der Waals surface area contributed by atoms with Crippen molar-refractivity contribution in [3.05, 3.63) is 65.7 Å². The number of benzene rings is 2. The van der Waals surface area contributed by atoms with Crippen molar-refractivity contribution in [3.8, 4) is 0 Å². The zero-order valence-corrected chi connectivity index (χ0v) is 17.4. The van der Waals surface area contributed by atoms with Gasteiger partial charge in [-0.25, -0.2) is 0 Å². The molecule has 1 N–H and O–H groups in total. The largest absolute Gasteiger partial charge is 0.463 e. The molecule has 0 aliphatic carbocycles. The molecule has 2 aromatic carbocycles. The Morgan fingerprint density at radius 1 is 1.00 bits per heavy atom. The van der Waals surface area contributed by atoms with Crippen LogP contribution in [0.3, 0.4) is 0 Å². The Morgan fingerprint density at radius 3 is 2.34 bits per heavy atom. The van der Waals surface area contributed by atoms with Gasteiger partial charge in [-0.15, -0.1) is 0 Å². The van der Waals surface area contributed by atoms with E-state index >= 15 is 0 Å². The van der Waals surface area contributed by atoms with Gasteiger partial charge in [-0.2, -0.15) is 18.4 Å². The number of nitrogens with one attached hydrogen (secondary N) is 1. The maximum Gasteiger partial charge on any atom is 0.305 e. The van der Waals surface area contributed by atoms with Crippen molar-refractivity contribution < 1.29 is 22.7 Å². The number of ether oxygens (including phenoxy) is 2. The summed E-state index contributed by atoms with van der Waals surface area (Å²) in [4.78, 5) is 14.2. The van der Waals surface area contributed by atoms with Crippen molar-refractivity contribution in [2.24, 2.45) is 5.10 Å². The van der Waals surface area contributed by atoms with E-state index in [1.54, 1.807) is 12.1 Å². The average Bonchev–Trinajstić information content (AvgIpc) is 2.71. The number of sulfonamides is 1. The zero-order valence-electron chi connectivity index (χ0n) is 16.6. The van der Waals surface area contributed by atoms with Crippen LogP contribution in [0.25, 0.3) is 0 Å². The Balaban J connectivity index is 2.06. The summed E-state index contributed by atoms with van der Waals surface area (Å²) in [7, 11) is -2.24. The molecule has 0 aliphatic rings. The van der Waals surface area contributed by atoms with Crippen molar-refractivity contribution in [1.82, 2.24) is 4.83 Å². The monoisotopic (exact) mass is 418 g/mol. The number of carbonyl (C=O) groups excluding carboxylic acids is 1. The van der Waals surface area contributed by atoms with Gasteiger partial charge in [0.15, 0.2) is 0 Å². The molecule has 2 rings (SSSR count). The fraction of sp³-hybridized carbons (Fsp3) is 0.333. The van der Waals surface area contributed by atoms with Crippen LogP contribution in [0.15, 0.2) is 64.6 Å². The summed E-state index contributed by atoms with van der Waals surface area (Å²) in [5.74, 6) is -0.324. The molecule has 0 spiro atoms. The van der Waals surface area contributed by atoms with Crippen LogP contribution in [0.4, 0.5) is 0 Å². The number of hydrogen-bond donors (Lipinski definition) is 1. The minimum absolute atomic E-state index is 0.140. The molecule has 0 radical (unpaired) electrons. The van der Waals surface area contributed by atoms with Crippen LogP contribution in [-0.4, -0.2) is 40.4 Å². The van der Waals surface area contributed by atoms with Crippen molar-refractivity contribution in [2.75, 3.05) is 20.3 Å². The molecule has 0 heterocycles. The predicted molar refractivity (Wildman–Crippen MR) is 111 cm³/mol. The highest BCUT2D eigenvalue weighted by Crippen LogP contribution is 2.12. The maximum atomic E-state index is 12.5. The molecular weight excluding hydrogens is 392 g/mol. The number of hydrogen-bond acceptors (Lipinski definition) is 6. The van der Waals surface area contributed by atoms with Gasteiger partial charge in [0.05, 0.1) is 17.2 Å². The van der Waals surface area contributed by atoms with Gasteiger partial charge in [0, 0.05) is 13.5 Å². The molecule has 0 fully saturated rings. The second-order valence-electron chi connectivity index (χ2n) is 6.40. The Morgan fingerprint density at radius 2 is 1.69 bits per heavy atom. The summed E-state index contributed by atoms with van der Waals surface area (Å²) in [6.45, 7) is 2.45. The van der Waals surface area contributed by atoms with Gasteiger partial charge in [0.2, 0.25) is 0 Å². The van der Waals surface area contributed by atoms with Gasteiger partial charge in [-0.3, -0.25) is 4.79 Å². The first kappa shape index (κ1) is 22.6. The quantitative estimate of drug-likeness (QED) is 0.262. The van der Waals surface area contributed by atoms with Crippen LogP contribution < -0.4 is 4.83 Å². The molecular formula is C21H26N2O5S. The summed E-state index contributed by atoms with van der Waals surface area (Å²) in [6, 6.07) is 15.8. The first-order valence-corrected chi connectivity index (χ1v) is 10.8. The third-order valence-electron chi connectivity index (χ3n) is 4.08. The molecule has 0 saturated heterocycles. The molecule has 2 aromatic rings. The lowest BCUT2D eigenvalue weighted by molar-refractivity contribution is -0.144. The molecule has 156 valence electrons. The molecule has 0 aromatic heterocycles. The van der Waals surface area contributed by atoms with Gasteiger partial charge in [-0.1, -0.05) is 48.0 Å². The van der Waals surface area contributed by atoms with E-state index in [4.69, 9.17) is 9.47 Å². The summed E-state index contributed by atoms with van der Waals surface area (Å²) >= 11 is 0. The standard InChI is InChI=1S/C21H26N2O5S/c1-17-11-13-19(14-12-17)29(25,26)23-22-20(18-7-4-3-5-8-18)9-6-10-21(24)28-16-15-27-2/h3-5,7-8,11-14,23H,6,9-10,15-16H2,1-2H3. The van der Waals surface area contributed by atoms with Crippen LogP contribution in [-0.2, 0) is 24.3 Å². The van der Waals surface area contributed by atoms with Gasteiger partial charge in [0.1, 0.15) is 6.61 Å². The topological polar surface area (TPSA) is 94.1 Å². The number of rotatable bonds is 11. The molecule has 0 amide bonds. The minimum Gasteiger partial charge on any atom is -0.463 e. The minimum atomic E-state index is -3.78. The van der Waals surface area contributed by atoms with E-state index < -0.39 is 10.0 Å². The lowest BCUT2D eigenvalue weighted by atomic mass is 10.0. The van der Waals surface area contributed by atoms with Crippen molar-refractivity contribution in [3.63, 3.8) is 0 Å². The summed E-state index contributed by atoms with van der Waals surface area (Å²) < 4.78 is 34.9. The first-order valence-electron chi connectivity index (χ1n) is 9.27. The fourth-order valence-electron chi connectivity index (χ4n) is 2.49. The first-order chi connectivity index (χ1) is 13.9. The van der Waals surface area contributed by atoms with E-state index in [9.17, 15) is 13.2 Å². The number of nitrogens with zero attached hydrogens (tertiary/aromatic N) is 1. The number of methoxy groups -OCH3 is 1. The van der Waals surface area contributed by atoms with Crippen LogP contribution in [0.1, 0.15) is 30.4 Å². The molecule has 7 nitrogen and oxygen atoms in total. The van der Waals surface area contributed by atoms with Crippen LogP contribution in [0.2, 0.25) is 0 Å². The van der Waals surface area contributed by atoms with Crippen molar-refractivity contribution >= 4 is 21.7 Å². The zero-order chi connectivity index (χ0) is 21.1. The molecule has 0 atom stereocenters. The van der Waals surface area contributed by atoms with Crippen LogP contribution in [0, 0.1) is 6.92 Å². The fourth-order valence-corrected chi connectivity index (χ4v) is 3.32. The van der Waals surface area contributed by atoms with Crippen LogP contribution in [0.5, 0.6) is 0 Å². The SMILES string of the molecule is COCCOC(=O)CCCC(=NNS(=O)(=O)c1ccc(C)cc1)c1ccccc1. The van der Waals surface area contributed by atoms with Gasteiger partial charge < -0.3 is 9.47 Å². The summed E-state index contributed by atoms with van der Waals surface area (Å²) in [5.41, 5.74) is 2.30. The number of carbonyl (C=O) groups is 1. The molecule has 8 heteroatoms. The van der Waals surface area contributed by atoms with E-state index in [2.05, 4.69) is 9.93 Å². The van der Waals surface area contributed by atoms with E-state index in [0.717, 1.165) is 11.1 Å². The van der Waals surface area contributed by atoms with Crippen LogP contribution >= 0.6 is 0 Å². The summed E-state index contributed by atoms with van der Waals surface area (Å²) in [6.07, 6.45) is 1.10.